The van der Waals surface area contributed by atoms with Crippen LogP contribution in [0.15, 0.2) is 0 Å². The van der Waals surface area contributed by atoms with Crippen LogP contribution in [-0.2, 0) is 0 Å². The van der Waals surface area contributed by atoms with Crippen LogP contribution in [0, 0.1) is 94.7 Å². The van der Waals surface area contributed by atoms with Gasteiger partial charge in [-0.25, -0.2) is 0 Å². The molecule has 230 valence electrons. The normalized spacial score (nSPS) is 56.8. The standard InChI is InChI=1S/C41H66/c1-3-10-28-26(8-1)18-20-38-34-16-6-14-32(40(34)24-22-36(28)38)30-12-5-13-31(30)33-15-7-17-35-39-21-19-27-9-2-4-11-29(27)37(39)23-25-41(33)35/h26-41H,1-25H2. The summed E-state index contributed by atoms with van der Waals surface area (Å²) in [6.45, 7) is 0. The first-order chi connectivity index (χ1) is 20.3. The monoisotopic (exact) mass is 559 g/mol. The third-order valence-corrected chi connectivity index (χ3v) is 17.7. The van der Waals surface area contributed by atoms with Gasteiger partial charge in [0, 0.05) is 0 Å². The van der Waals surface area contributed by atoms with Gasteiger partial charge < -0.3 is 0 Å². The Labute approximate surface area is 254 Å². The molecule has 0 nitrogen and oxygen atoms in total. The van der Waals surface area contributed by atoms with Gasteiger partial charge in [0.1, 0.15) is 0 Å². The summed E-state index contributed by atoms with van der Waals surface area (Å²) in [6.07, 6.45) is 40.5. The summed E-state index contributed by atoms with van der Waals surface area (Å²) in [5.41, 5.74) is 0. The van der Waals surface area contributed by atoms with Crippen molar-refractivity contribution in [2.45, 2.75) is 161 Å². The van der Waals surface area contributed by atoms with Gasteiger partial charge in [-0.2, -0.15) is 0 Å². The maximum atomic E-state index is 1.66. The Morgan fingerprint density at radius 3 is 0.707 bits per heavy atom. The van der Waals surface area contributed by atoms with Gasteiger partial charge in [-0.1, -0.05) is 57.8 Å². The van der Waals surface area contributed by atoms with Crippen LogP contribution >= 0.6 is 0 Å². The van der Waals surface area contributed by atoms with Crippen molar-refractivity contribution in [1.82, 2.24) is 0 Å². The van der Waals surface area contributed by atoms with Crippen LogP contribution in [0.1, 0.15) is 161 Å². The second-order valence-electron chi connectivity index (χ2n) is 18.5. The van der Waals surface area contributed by atoms with E-state index < -0.39 is 0 Å². The minimum absolute atomic E-state index is 1.14. The lowest BCUT2D eigenvalue weighted by atomic mass is 9.47. The topological polar surface area (TPSA) is 0 Å². The van der Waals surface area contributed by atoms with E-state index in [2.05, 4.69) is 0 Å². The number of rotatable bonds is 2. The van der Waals surface area contributed by atoms with E-state index in [0.717, 1.165) is 94.7 Å². The molecule has 0 spiro atoms. The smallest absolute Gasteiger partial charge is 0.0352 e. The minimum atomic E-state index is 1.14. The van der Waals surface area contributed by atoms with Gasteiger partial charge in [-0.05, 0) is 197 Å². The molecule has 9 aliphatic rings. The number of fused-ring (bicyclic) bond motifs is 10. The average molecular weight is 559 g/mol. The minimum Gasteiger partial charge on any atom is -0.0530 e. The predicted molar refractivity (Wildman–Crippen MR) is 171 cm³/mol. The van der Waals surface area contributed by atoms with Crippen molar-refractivity contribution < 1.29 is 0 Å². The first-order valence-corrected chi connectivity index (χ1v) is 20.3. The molecule has 41 heavy (non-hydrogen) atoms. The van der Waals surface area contributed by atoms with Crippen LogP contribution in [0.25, 0.3) is 0 Å². The Morgan fingerprint density at radius 2 is 0.366 bits per heavy atom. The fourth-order valence-electron chi connectivity index (χ4n) is 16.6. The highest BCUT2D eigenvalue weighted by molar-refractivity contribution is 5.05. The molecule has 9 rings (SSSR count). The van der Waals surface area contributed by atoms with Gasteiger partial charge in [0.15, 0.2) is 0 Å². The molecular weight excluding hydrogens is 492 g/mol. The molecule has 9 saturated carbocycles. The predicted octanol–water partition coefficient (Wildman–Crippen LogP) is 11.7. The van der Waals surface area contributed by atoms with Crippen molar-refractivity contribution in [3.05, 3.63) is 0 Å². The Bertz CT molecular complexity index is 832. The molecule has 16 atom stereocenters. The molecule has 9 fully saturated rings. The van der Waals surface area contributed by atoms with Crippen molar-refractivity contribution in [2.75, 3.05) is 0 Å². The van der Waals surface area contributed by atoms with Gasteiger partial charge in [0.2, 0.25) is 0 Å². The summed E-state index contributed by atoms with van der Waals surface area (Å²) >= 11 is 0. The van der Waals surface area contributed by atoms with E-state index in [1.165, 1.54) is 0 Å². The lowest BCUT2D eigenvalue weighted by molar-refractivity contribution is -0.0888. The lowest BCUT2D eigenvalue weighted by Crippen LogP contribution is -2.50. The highest BCUT2D eigenvalue weighted by atomic mass is 14.6. The van der Waals surface area contributed by atoms with E-state index in [9.17, 15) is 0 Å². The maximum Gasteiger partial charge on any atom is -0.0352 e. The van der Waals surface area contributed by atoms with Crippen LogP contribution in [0.2, 0.25) is 0 Å². The Hall–Kier alpha value is 0. The molecule has 0 radical (unpaired) electrons. The largest absolute Gasteiger partial charge is 0.0530 e. The van der Waals surface area contributed by atoms with Crippen LogP contribution < -0.4 is 0 Å². The number of hydrogen-bond donors (Lipinski definition) is 0. The first kappa shape index (κ1) is 27.3. The fourth-order valence-corrected chi connectivity index (χ4v) is 16.6. The van der Waals surface area contributed by atoms with Crippen LogP contribution in [0.4, 0.5) is 0 Å². The average Bonchev–Trinajstić information content (AvgIpc) is 3.53. The first-order valence-electron chi connectivity index (χ1n) is 20.3. The molecule has 16 unspecified atom stereocenters. The third kappa shape index (κ3) is 4.60. The molecule has 0 aromatic heterocycles. The highest BCUT2D eigenvalue weighted by Crippen LogP contribution is 2.64. The zero-order valence-electron chi connectivity index (χ0n) is 26.9. The van der Waals surface area contributed by atoms with Gasteiger partial charge in [-0.15, -0.1) is 0 Å². The van der Waals surface area contributed by atoms with E-state index in [1.54, 1.807) is 161 Å². The summed E-state index contributed by atoms with van der Waals surface area (Å²) < 4.78 is 0. The lowest BCUT2D eigenvalue weighted by Gasteiger charge is -2.58. The summed E-state index contributed by atoms with van der Waals surface area (Å²) in [5, 5.41) is 0. The third-order valence-electron chi connectivity index (χ3n) is 17.7. The van der Waals surface area contributed by atoms with E-state index in [-0.39, 0.29) is 0 Å². The van der Waals surface area contributed by atoms with E-state index in [0.29, 0.717) is 0 Å². The molecule has 0 saturated heterocycles. The van der Waals surface area contributed by atoms with Gasteiger partial charge in [0.25, 0.3) is 0 Å². The van der Waals surface area contributed by atoms with Gasteiger partial charge >= 0.3 is 0 Å². The van der Waals surface area contributed by atoms with Crippen LogP contribution in [0.3, 0.4) is 0 Å². The highest BCUT2D eigenvalue weighted by Gasteiger charge is 2.55. The maximum absolute atomic E-state index is 1.66. The molecule has 0 aliphatic heterocycles. The Kier molecular flexibility index (Phi) is 7.61. The quantitative estimate of drug-likeness (QED) is 0.316. The second kappa shape index (κ2) is 11.4. The summed E-state index contributed by atoms with van der Waals surface area (Å²) in [6, 6.07) is 0. The summed E-state index contributed by atoms with van der Waals surface area (Å²) in [5.74, 6) is 18.4. The zero-order valence-corrected chi connectivity index (χ0v) is 26.9. The molecule has 0 amide bonds. The van der Waals surface area contributed by atoms with Crippen molar-refractivity contribution in [2.24, 2.45) is 94.7 Å². The molecule has 0 aromatic carbocycles. The van der Waals surface area contributed by atoms with E-state index in [1.807, 2.05) is 0 Å². The van der Waals surface area contributed by atoms with Crippen LogP contribution in [0.5, 0.6) is 0 Å². The van der Waals surface area contributed by atoms with Gasteiger partial charge in [0.05, 0.1) is 0 Å². The summed E-state index contributed by atoms with van der Waals surface area (Å²) in [4.78, 5) is 0. The molecule has 0 heteroatoms. The van der Waals surface area contributed by atoms with Crippen molar-refractivity contribution in [3.63, 3.8) is 0 Å². The van der Waals surface area contributed by atoms with Crippen LogP contribution in [-0.4, -0.2) is 0 Å². The van der Waals surface area contributed by atoms with Crippen molar-refractivity contribution >= 4 is 0 Å². The SMILES string of the molecule is C1CCC2C(C1)CCC1C2CCC2C1CCCC2C1CCCC1C1CCCC2C3CCC4CCCCC4C3CCC21. The van der Waals surface area contributed by atoms with Gasteiger partial charge in [-0.3, -0.25) is 0 Å². The molecular formula is C41H66. The van der Waals surface area contributed by atoms with E-state index in [4.69, 9.17) is 0 Å². The van der Waals surface area contributed by atoms with E-state index >= 15 is 0 Å². The molecule has 0 heterocycles. The molecule has 9 aliphatic carbocycles. The molecule has 0 bridgehead atoms. The fraction of sp³-hybridized carbons (Fsp3) is 1.00. The molecule has 0 aromatic rings. The molecule has 0 N–H and O–H groups in total. The summed E-state index contributed by atoms with van der Waals surface area (Å²) in [7, 11) is 0. The van der Waals surface area contributed by atoms with Crippen molar-refractivity contribution in [3.8, 4) is 0 Å². The number of hydrogen-bond acceptors (Lipinski definition) is 0. The second-order valence-corrected chi connectivity index (χ2v) is 18.5. The Morgan fingerprint density at radius 1 is 0.146 bits per heavy atom. The van der Waals surface area contributed by atoms with Crippen molar-refractivity contribution in [1.29, 1.82) is 0 Å². The zero-order chi connectivity index (χ0) is 26.9. The Balaban J connectivity index is 0.919.